The highest BCUT2D eigenvalue weighted by molar-refractivity contribution is 5.33. The number of nitrogens with zero attached hydrogens (tertiary/aromatic N) is 4. The molecule has 0 aliphatic carbocycles. The molecule has 8 nitrogen and oxygen atoms in total. The van der Waals surface area contributed by atoms with Gasteiger partial charge in [-0.15, -0.1) is 0 Å². The van der Waals surface area contributed by atoms with Crippen LogP contribution in [0.5, 0.6) is 11.8 Å². The molecule has 0 aliphatic rings. The van der Waals surface area contributed by atoms with Gasteiger partial charge in [0.1, 0.15) is 12.2 Å². The average Bonchev–Trinajstić information content (AvgIpc) is 2.89. The summed E-state index contributed by atoms with van der Waals surface area (Å²) in [6, 6.07) is 1.60. The Morgan fingerprint density at radius 3 is 2.47 bits per heavy atom. The molecule has 0 spiro atoms. The smallest absolute Gasteiger partial charge is 0.229 e. The number of aromatic amines is 1. The molecular formula is C9H12N6O2. The minimum atomic E-state index is 0.401. The predicted molar refractivity (Wildman–Crippen MR) is 58.8 cm³/mol. The number of methoxy groups -OCH3 is 2. The van der Waals surface area contributed by atoms with Gasteiger partial charge < -0.3 is 14.8 Å². The minimum absolute atomic E-state index is 0.401. The van der Waals surface area contributed by atoms with Crippen LogP contribution in [0.25, 0.3) is 0 Å². The van der Waals surface area contributed by atoms with E-state index in [2.05, 4.69) is 30.5 Å². The quantitative estimate of drug-likeness (QED) is 0.766. The largest absolute Gasteiger partial charge is 0.481 e. The SMILES string of the molecule is COc1cc(OC)nc(NCc2ncn[nH]2)n1. The fourth-order valence-corrected chi connectivity index (χ4v) is 1.17. The molecule has 0 aromatic carbocycles. The Morgan fingerprint density at radius 1 is 1.24 bits per heavy atom. The van der Waals surface area contributed by atoms with Crippen LogP contribution in [0.1, 0.15) is 5.82 Å². The van der Waals surface area contributed by atoms with Crippen molar-refractivity contribution in [2.45, 2.75) is 6.54 Å². The van der Waals surface area contributed by atoms with Gasteiger partial charge in [0.25, 0.3) is 0 Å². The van der Waals surface area contributed by atoms with Gasteiger partial charge in [0, 0.05) is 0 Å². The summed E-state index contributed by atoms with van der Waals surface area (Å²) in [6.45, 7) is 0.441. The fourth-order valence-electron chi connectivity index (χ4n) is 1.17. The molecule has 2 aromatic rings. The third kappa shape index (κ3) is 2.80. The molecule has 0 atom stereocenters. The number of H-pyrrole nitrogens is 1. The molecule has 90 valence electrons. The Labute approximate surface area is 97.4 Å². The van der Waals surface area contributed by atoms with E-state index in [-0.39, 0.29) is 0 Å². The van der Waals surface area contributed by atoms with Crippen molar-refractivity contribution < 1.29 is 9.47 Å². The number of anilines is 1. The first-order chi connectivity index (χ1) is 8.31. The van der Waals surface area contributed by atoms with Gasteiger partial charge in [-0.25, -0.2) is 4.98 Å². The lowest BCUT2D eigenvalue weighted by Gasteiger charge is -2.06. The van der Waals surface area contributed by atoms with E-state index in [0.29, 0.717) is 30.1 Å². The number of hydrogen-bond donors (Lipinski definition) is 2. The maximum absolute atomic E-state index is 5.03. The van der Waals surface area contributed by atoms with Crippen LogP contribution >= 0.6 is 0 Å². The molecule has 17 heavy (non-hydrogen) atoms. The standard InChI is InChI=1S/C9H12N6O2/c1-16-7-3-8(17-2)14-9(13-7)10-4-6-11-5-12-15-6/h3,5H,4H2,1-2H3,(H,10,13,14)(H,11,12,15). The van der Waals surface area contributed by atoms with Gasteiger partial charge in [0.2, 0.25) is 17.7 Å². The van der Waals surface area contributed by atoms with Crippen molar-refractivity contribution in [1.82, 2.24) is 25.1 Å². The summed E-state index contributed by atoms with van der Waals surface area (Å²) >= 11 is 0. The first kappa shape index (κ1) is 11.1. The third-order valence-corrected chi connectivity index (χ3v) is 1.98. The monoisotopic (exact) mass is 236 g/mol. The molecule has 0 unspecified atom stereocenters. The maximum atomic E-state index is 5.03. The summed E-state index contributed by atoms with van der Waals surface area (Å²) < 4.78 is 10.1. The summed E-state index contributed by atoms with van der Waals surface area (Å²) in [6.07, 6.45) is 1.43. The molecule has 0 amide bonds. The first-order valence-electron chi connectivity index (χ1n) is 4.87. The minimum Gasteiger partial charge on any atom is -0.481 e. The van der Waals surface area contributed by atoms with Crippen molar-refractivity contribution in [2.75, 3.05) is 19.5 Å². The predicted octanol–water partition coefficient (Wildman–Crippen LogP) is 0.224. The highest BCUT2D eigenvalue weighted by Gasteiger charge is 2.05. The Kier molecular flexibility index (Phi) is 3.34. The van der Waals surface area contributed by atoms with Gasteiger partial charge >= 0.3 is 0 Å². The van der Waals surface area contributed by atoms with Gasteiger partial charge in [-0.3, -0.25) is 5.10 Å². The van der Waals surface area contributed by atoms with Gasteiger partial charge in [-0.05, 0) is 0 Å². The van der Waals surface area contributed by atoms with Crippen molar-refractivity contribution >= 4 is 5.95 Å². The lowest BCUT2D eigenvalue weighted by molar-refractivity contribution is 0.373. The first-order valence-corrected chi connectivity index (χ1v) is 4.87. The van der Waals surface area contributed by atoms with Crippen molar-refractivity contribution in [2.24, 2.45) is 0 Å². The van der Waals surface area contributed by atoms with Crippen LogP contribution in [-0.4, -0.2) is 39.4 Å². The number of hydrogen-bond acceptors (Lipinski definition) is 7. The van der Waals surface area contributed by atoms with Crippen molar-refractivity contribution in [3.8, 4) is 11.8 Å². The summed E-state index contributed by atoms with van der Waals surface area (Å²) in [5.74, 6) is 1.95. The highest BCUT2D eigenvalue weighted by atomic mass is 16.5. The Hall–Kier alpha value is -2.38. The third-order valence-electron chi connectivity index (χ3n) is 1.98. The number of rotatable bonds is 5. The number of aromatic nitrogens is 5. The molecule has 2 aromatic heterocycles. The summed E-state index contributed by atoms with van der Waals surface area (Å²) in [4.78, 5) is 12.2. The zero-order valence-electron chi connectivity index (χ0n) is 9.47. The lowest BCUT2D eigenvalue weighted by atomic mass is 10.5. The topological polar surface area (TPSA) is 97.8 Å². The second-order valence-corrected chi connectivity index (χ2v) is 3.06. The van der Waals surface area contributed by atoms with Gasteiger partial charge in [0.15, 0.2) is 0 Å². The summed E-state index contributed by atoms with van der Waals surface area (Å²) in [5.41, 5.74) is 0. The van der Waals surface area contributed by atoms with E-state index in [4.69, 9.17) is 9.47 Å². The van der Waals surface area contributed by atoms with Gasteiger partial charge in [-0.1, -0.05) is 0 Å². The van der Waals surface area contributed by atoms with E-state index >= 15 is 0 Å². The van der Waals surface area contributed by atoms with Crippen LogP contribution in [0, 0.1) is 0 Å². The molecule has 2 N–H and O–H groups in total. The lowest BCUT2D eigenvalue weighted by Crippen LogP contribution is -2.06. The van der Waals surface area contributed by atoms with Gasteiger partial charge in [0.05, 0.1) is 26.8 Å². The van der Waals surface area contributed by atoms with Crippen LogP contribution in [0.15, 0.2) is 12.4 Å². The fraction of sp³-hybridized carbons (Fsp3) is 0.333. The Balaban J connectivity index is 2.09. The van der Waals surface area contributed by atoms with E-state index in [9.17, 15) is 0 Å². The maximum Gasteiger partial charge on any atom is 0.229 e. The van der Waals surface area contributed by atoms with E-state index in [1.54, 1.807) is 6.07 Å². The highest BCUT2D eigenvalue weighted by Crippen LogP contribution is 2.17. The second-order valence-electron chi connectivity index (χ2n) is 3.06. The zero-order valence-corrected chi connectivity index (χ0v) is 9.47. The summed E-state index contributed by atoms with van der Waals surface area (Å²) in [7, 11) is 3.06. The van der Waals surface area contributed by atoms with E-state index in [1.807, 2.05) is 0 Å². The number of nitrogens with one attached hydrogen (secondary N) is 2. The molecule has 0 bridgehead atoms. The summed E-state index contributed by atoms with van der Waals surface area (Å²) in [5, 5.41) is 9.44. The van der Waals surface area contributed by atoms with Crippen LogP contribution in [0.3, 0.4) is 0 Å². The van der Waals surface area contributed by atoms with E-state index in [0.717, 1.165) is 0 Å². The van der Waals surface area contributed by atoms with Crippen molar-refractivity contribution in [3.63, 3.8) is 0 Å². The van der Waals surface area contributed by atoms with Crippen LogP contribution in [0.4, 0.5) is 5.95 Å². The normalized spacial score (nSPS) is 10.0. The van der Waals surface area contributed by atoms with Crippen molar-refractivity contribution in [1.29, 1.82) is 0 Å². The van der Waals surface area contributed by atoms with Gasteiger partial charge in [-0.2, -0.15) is 15.1 Å². The number of ether oxygens (including phenoxy) is 2. The van der Waals surface area contributed by atoms with Crippen LogP contribution < -0.4 is 14.8 Å². The van der Waals surface area contributed by atoms with E-state index < -0.39 is 0 Å². The molecule has 0 radical (unpaired) electrons. The zero-order chi connectivity index (χ0) is 12.1. The van der Waals surface area contributed by atoms with Crippen LogP contribution in [-0.2, 0) is 6.54 Å². The molecule has 0 fully saturated rings. The Morgan fingerprint density at radius 2 is 1.94 bits per heavy atom. The Bertz CT molecular complexity index is 450. The van der Waals surface area contributed by atoms with E-state index in [1.165, 1.54) is 20.5 Å². The molecule has 2 heterocycles. The molecule has 8 heteroatoms. The van der Waals surface area contributed by atoms with Crippen molar-refractivity contribution in [3.05, 3.63) is 18.2 Å². The molecule has 2 rings (SSSR count). The molecule has 0 saturated heterocycles. The molecular weight excluding hydrogens is 224 g/mol. The van der Waals surface area contributed by atoms with Crippen LogP contribution in [0.2, 0.25) is 0 Å². The molecule has 0 saturated carbocycles. The molecule has 0 aliphatic heterocycles. The average molecular weight is 236 g/mol. The second kappa shape index (κ2) is 5.10.